The third-order valence-corrected chi connectivity index (χ3v) is 5.08. The number of thiazole rings is 1. The summed E-state index contributed by atoms with van der Waals surface area (Å²) in [5.74, 6) is 2.65. The Morgan fingerprint density at radius 3 is 3.00 bits per heavy atom. The van der Waals surface area contributed by atoms with E-state index < -0.39 is 0 Å². The summed E-state index contributed by atoms with van der Waals surface area (Å²) in [7, 11) is 0. The van der Waals surface area contributed by atoms with E-state index in [9.17, 15) is 0 Å². The van der Waals surface area contributed by atoms with E-state index in [4.69, 9.17) is 4.99 Å². The van der Waals surface area contributed by atoms with Crippen LogP contribution in [0.4, 0.5) is 0 Å². The molecule has 1 atom stereocenters. The van der Waals surface area contributed by atoms with Crippen LogP contribution in [0.1, 0.15) is 54.3 Å². The van der Waals surface area contributed by atoms with Crippen molar-refractivity contribution in [2.75, 3.05) is 6.54 Å². The van der Waals surface area contributed by atoms with Crippen LogP contribution >= 0.6 is 35.3 Å². The molecular formula is C16H26IN7S. The van der Waals surface area contributed by atoms with Crippen LogP contribution in [0.15, 0.2) is 11.2 Å². The minimum absolute atomic E-state index is 0. The summed E-state index contributed by atoms with van der Waals surface area (Å²) in [5.41, 5.74) is 0. The summed E-state index contributed by atoms with van der Waals surface area (Å²) in [6.45, 7) is 8.52. The number of aromatic nitrogens is 4. The maximum Gasteiger partial charge on any atom is 0.192 e. The van der Waals surface area contributed by atoms with Gasteiger partial charge in [-0.3, -0.25) is 0 Å². The van der Waals surface area contributed by atoms with E-state index in [1.54, 1.807) is 11.3 Å². The number of nitrogens with zero attached hydrogens (tertiary/aromatic N) is 5. The van der Waals surface area contributed by atoms with Gasteiger partial charge in [0, 0.05) is 24.2 Å². The van der Waals surface area contributed by atoms with Gasteiger partial charge in [-0.2, -0.15) is 5.10 Å². The molecule has 9 heteroatoms. The second-order valence-corrected chi connectivity index (χ2v) is 7.05. The Morgan fingerprint density at radius 1 is 1.44 bits per heavy atom. The number of guanidine groups is 1. The topological polar surface area (TPSA) is 80.0 Å². The maximum atomic E-state index is 4.69. The van der Waals surface area contributed by atoms with Gasteiger partial charge < -0.3 is 10.6 Å². The second-order valence-electron chi connectivity index (χ2n) is 5.85. The van der Waals surface area contributed by atoms with Gasteiger partial charge in [-0.15, -0.1) is 35.3 Å². The fourth-order valence-corrected chi connectivity index (χ4v) is 3.61. The van der Waals surface area contributed by atoms with Crippen molar-refractivity contribution in [1.29, 1.82) is 0 Å². The lowest BCUT2D eigenvalue weighted by atomic mass is 10.1. The first kappa shape index (κ1) is 20.1. The van der Waals surface area contributed by atoms with Gasteiger partial charge in [0.15, 0.2) is 5.96 Å². The smallest absolute Gasteiger partial charge is 0.192 e. The molecule has 7 nitrogen and oxygen atoms in total. The summed E-state index contributed by atoms with van der Waals surface area (Å²) in [6.07, 6.45) is 5.11. The lowest BCUT2D eigenvalue weighted by molar-refractivity contribution is 0.397. The zero-order chi connectivity index (χ0) is 16.9. The van der Waals surface area contributed by atoms with Crippen molar-refractivity contribution in [3.8, 4) is 0 Å². The van der Waals surface area contributed by atoms with Crippen molar-refractivity contribution >= 4 is 41.3 Å². The molecule has 0 fully saturated rings. The molecule has 2 aromatic heterocycles. The fourth-order valence-electron chi connectivity index (χ4n) is 2.82. The fraction of sp³-hybridized carbons (Fsp3) is 0.625. The highest BCUT2D eigenvalue weighted by molar-refractivity contribution is 14.0. The Balaban J connectivity index is 0.00000225. The maximum absolute atomic E-state index is 4.69. The molecule has 0 saturated carbocycles. The number of hydrogen-bond acceptors (Lipinski definition) is 5. The number of aliphatic imine (C=N–C) groups is 1. The molecule has 1 aliphatic heterocycles. The first-order chi connectivity index (χ1) is 11.7. The Kier molecular flexibility index (Phi) is 7.60. The van der Waals surface area contributed by atoms with E-state index in [1.807, 2.05) is 17.8 Å². The predicted molar refractivity (Wildman–Crippen MR) is 112 cm³/mol. The van der Waals surface area contributed by atoms with Crippen LogP contribution in [0.3, 0.4) is 0 Å². The van der Waals surface area contributed by atoms with E-state index >= 15 is 0 Å². The second kappa shape index (κ2) is 9.46. The number of aryl methyl sites for hydroxylation is 3. The normalized spacial score (nSPS) is 16.9. The molecular weight excluding hydrogens is 449 g/mol. The van der Waals surface area contributed by atoms with E-state index in [-0.39, 0.29) is 30.0 Å². The Bertz CT molecular complexity index is 709. The summed E-state index contributed by atoms with van der Waals surface area (Å²) in [6, 6.07) is 0.153. The SMILES string of the molecule is CCNC(=NCc1ncc(CC)s1)NC1CCCn2nc(C)nc21.I. The molecule has 1 aliphatic rings. The van der Waals surface area contributed by atoms with Crippen LogP contribution < -0.4 is 10.6 Å². The molecule has 0 aromatic carbocycles. The number of hydrogen-bond donors (Lipinski definition) is 2. The average Bonchev–Trinajstić information content (AvgIpc) is 3.18. The van der Waals surface area contributed by atoms with Crippen LogP contribution in [0.25, 0.3) is 0 Å². The Morgan fingerprint density at radius 2 is 2.28 bits per heavy atom. The molecule has 3 rings (SSSR count). The predicted octanol–water partition coefficient (Wildman–Crippen LogP) is 2.81. The van der Waals surface area contributed by atoms with Crippen LogP contribution in [0, 0.1) is 6.92 Å². The summed E-state index contributed by atoms with van der Waals surface area (Å²) < 4.78 is 2.01. The summed E-state index contributed by atoms with van der Waals surface area (Å²) >= 11 is 1.73. The van der Waals surface area contributed by atoms with Crippen LogP contribution in [0.2, 0.25) is 0 Å². The highest BCUT2D eigenvalue weighted by Crippen LogP contribution is 2.23. The minimum Gasteiger partial charge on any atom is -0.357 e. The molecule has 138 valence electrons. The minimum atomic E-state index is 0. The average molecular weight is 475 g/mol. The molecule has 25 heavy (non-hydrogen) atoms. The standard InChI is InChI=1S/C16H25N7S.HI/c1-4-12-9-18-14(24-12)10-19-16(17-5-2)21-13-7-6-8-23-15(13)20-11(3)22-23;/h9,13H,4-8,10H2,1-3H3,(H2,17,19,21);1H. The molecule has 0 bridgehead atoms. The Labute approximate surface area is 169 Å². The highest BCUT2D eigenvalue weighted by atomic mass is 127. The van der Waals surface area contributed by atoms with Crippen molar-refractivity contribution in [3.63, 3.8) is 0 Å². The zero-order valence-electron chi connectivity index (χ0n) is 14.9. The van der Waals surface area contributed by atoms with E-state index in [0.717, 1.165) is 55.0 Å². The molecule has 1 unspecified atom stereocenters. The van der Waals surface area contributed by atoms with Crippen molar-refractivity contribution in [2.24, 2.45) is 4.99 Å². The van der Waals surface area contributed by atoms with Crippen LogP contribution in [0.5, 0.6) is 0 Å². The van der Waals surface area contributed by atoms with Gasteiger partial charge in [-0.25, -0.2) is 19.6 Å². The molecule has 2 N–H and O–H groups in total. The number of halogens is 1. The van der Waals surface area contributed by atoms with Gasteiger partial charge in [0.05, 0.1) is 12.6 Å². The Hall–Kier alpha value is -1.23. The van der Waals surface area contributed by atoms with Crippen molar-refractivity contribution in [2.45, 2.75) is 59.2 Å². The lowest BCUT2D eigenvalue weighted by Crippen LogP contribution is -2.41. The third-order valence-electron chi connectivity index (χ3n) is 3.96. The highest BCUT2D eigenvalue weighted by Gasteiger charge is 2.24. The molecule has 0 spiro atoms. The van der Waals surface area contributed by atoms with E-state index in [2.05, 4.69) is 39.5 Å². The lowest BCUT2D eigenvalue weighted by Gasteiger charge is -2.24. The van der Waals surface area contributed by atoms with E-state index in [0.29, 0.717) is 6.54 Å². The number of rotatable bonds is 5. The molecule has 2 aromatic rings. The van der Waals surface area contributed by atoms with Crippen molar-refractivity contribution < 1.29 is 0 Å². The van der Waals surface area contributed by atoms with Crippen molar-refractivity contribution in [1.82, 2.24) is 30.4 Å². The monoisotopic (exact) mass is 475 g/mol. The summed E-state index contributed by atoms with van der Waals surface area (Å²) in [5, 5.41) is 12.3. The van der Waals surface area contributed by atoms with Gasteiger partial charge in [-0.05, 0) is 33.1 Å². The van der Waals surface area contributed by atoms with E-state index in [1.165, 1.54) is 4.88 Å². The van der Waals surface area contributed by atoms with Gasteiger partial charge in [0.2, 0.25) is 0 Å². The van der Waals surface area contributed by atoms with Gasteiger partial charge in [0.1, 0.15) is 16.7 Å². The first-order valence-electron chi connectivity index (χ1n) is 8.59. The van der Waals surface area contributed by atoms with Crippen molar-refractivity contribution in [3.05, 3.63) is 27.7 Å². The third kappa shape index (κ3) is 5.13. The van der Waals surface area contributed by atoms with Gasteiger partial charge in [0.25, 0.3) is 0 Å². The molecule has 0 radical (unpaired) electrons. The summed E-state index contributed by atoms with van der Waals surface area (Å²) in [4.78, 5) is 15.0. The molecule has 0 amide bonds. The number of fused-ring (bicyclic) bond motifs is 1. The first-order valence-corrected chi connectivity index (χ1v) is 9.41. The zero-order valence-corrected chi connectivity index (χ0v) is 18.1. The van der Waals surface area contributed by atoms with Crippen LogP contribution in [-0.2, 0) is 19.5 Å². The largest absolute Gasteiger partial charge is 0.357 e. The van der Waals surface area contributed by atoms with Crippen LogP contribution in [-0.4, -0.2) is 32.3 Å². The molecule has 3 heterocycles. The van der Waals surface area contributed by atoms with Gasteiger partial charge >= 0.3 is 0 Å². The van der Waals surface area contributed by atoms with Gasteiger partial charge in [-0.1, -0.05) is 6.92 Å². The molecule has 0 saturated heterocycles. The molecule has 0 aliphatic carbocycles. The number of nitrogens with one attached hydrogen (secondary N) is 2. The quantitative estimate of drug-likeness (QED) is 0.395.